The van der Waals surface area contributed by atoms with Crippen molar-refractivity contribution in [1.29, 1.82) is 0 Å². The molecule has 42 heavy (non-hydrogen) atoms. The Morgan fingerprint density at radius 3 is 1.79 bits per heavy atom. The van der Waals surface area contributed by atoms with Gasteiger partial charge in [-0.2, -0.15) is 77.4 Å². The summed E-state index contributed by atoms with van der Waals surface area (Å²) in [7, 11) is 0. The fourth-order valence-corrected chi connectivity index (χ4v) is 4.81. The van der Waals surface area contributed by atoms with Crippen LogP contribution >= 0.6 is 24.8 Å². The molecule has 5 rings (SSSR count). The first kappa shape index (κ1) is 42.6. The Morgan fingerprint density at radius 1 is 0.857 bits per heavy atom. The zero-order valence-corrected chi connectivity index (χ0v) is 31.8. The molecular formula is C39H52Cl2Zr-4. The Balaban J connectivity index is 0. The van der Waals surface area contributed by atoms with Crippen LogP contribution in [0.4, 0.5) is 0 Å². The SMILES string of the molecule is CC(C)(C)c1c[c-]c2c(c1)-c1cc(C(C)(C)C)ccc1C2.CC1=[C-]C(C)C=C1C(C)C.Cl.Cl.[CH2]=[Zr].[CH3-].[c-]1ccccc1. The number of allylic oxidation sites excluding steroid dienone is 4. The second-order valence-corrected chi connectivity index (χ2v) is 12.7. The molecule has 3 heteroatoms. The molecule has 3 aromatic carbocycles. The maximum Gasteiger partial charge on any atom is -0.171 e. The fraction of sp³-hybridized carbons (Fsp3) is 0.385. The minimum absolute atomic E-state index is 0. The first-order valence-electron chi connectivity index (χ1n) is 14.0. The van der Waals surface area contributed by atoms with E-state index in [1.165, 1.54) is 68.8 Å². The molecule has 0 heterocycles. The fourth-order valence-electron chi connectivity index (χ4n) is 4.81. The van der Waals surface area contributed by atoms with Crippen LogP contribution in [-0.2, 0) is 41.5 Å². The number of benzene rings is 3. The van der Waals surface area contributed by atoms with Gasteiger partial charge in [0.15, 0.2) is 0 Å². The van der Waals surface area contributed by atoms with Crippen LogP contribution in [0, 0.1) is 37.5 Å². The predicted octanol–water partition coefficient (Wildman–Crippen LogP) is 11.4. The van der Waals surface area contributed by atoms with Crippen molar-refractivity contribution in [3.63, 3.8) is 0 Å². The molecule has 2 aliphatic rings. The average molecular weight is 683 g/mol. The summed E-state index contributed by atoms with van der Waals surface area (Å²) in [6.45, 7) is 22.4. The van der Waals surface area contributed by atoms with E-state index in [0.29, 0.717) is 11.8 Å². The molecule has 0 bridgehead atoms. The Kier molecular flexibility index (Phi) is 19.3. The summed E-state index contributed by atoms with van der Waals surface area (Å²) in [5, 5.41) is 0. The summed E-state index contributed by atoms with van der Waals surface area (Å²) < 4.78 is 3.34. The second kappa shape index (κ2) is 19.0. The zero-order valence-electron chi connectivity index (χ0n) is 27.7. The normalized spacial score (nSPS) is 14.2. The van der Waals surface area contributed by atoms with Crippen LogP contribution in [-0.4, -0.2) is 4.21 Å². The minimum Gasteiger partial charge on any atom is -0.358 e. The van der Waals surface area contributed by atoms with Crippen LogP contribution in [0.2, 0.25) is 0 Å². The van der Waals surface area contributed by atoms with Gasteiger partial charge in [0.1, 0.15) is 0 Å². The van der Waals surface area contributed by atoms with Gasteiger partial charge in [0.25, 0.3) is 0 Å². The molecule has 0 N–H and O–H groups in total. The molecule has 0 fully saturated rings. The maximum atomic E-state index is 3.53. The molecule has 0 nitrogen and oxygen atoms in total. The molecule has 0 amide bonds. The zero-order chi connectivity index (χ0) is 29.4. The molecule has 3 aromatic rings. The van der Waals surface area contributed by atoms with Crippen molar-refractivity contribution in [3.8, 4) is 11.1 Å². The standard InChI is InChI=1S/C21H25.C10H15.C6H5.CH3.CH2.2ClH.Zr/c1-20(2,3)16-9-7-14-11-15-8-10-17(21(4,5)6)13-19(15)18(14)12-16;1-7(2)10-6-8(3)5-9(10)4;1-2-4-6-5-3-1;;;;;/h7,9-10,12-13H,11H2,1-6H3;6-8H,1-4H3;1-5H;1H3;1H2;2*1H;/q4*-1;;;;. The van der Waals surface area contributed by atoms with Crippen molar-refractivity contribution in [2.45, 2.75) is 86.5 Å². The molecule has 0 saturated heterocycles. The van der Waals surface area contributed by atoms with Crippen LogP contribution in [0.5, 0.6) is 0 Å². The molecule has 0 radical (unpaired) electrons. The van der Waals surface area contributed by atoms with Gasteiger partial charge in [-0.25, -0.2) is 5.57 Å². The van der Waals surface area contributed by atoms with Crippen LogP contribution in [0.15, 0.2) is 77.9 Å². The largest absolute Gasteiger partial charge is 0.358 e. The van der Waals surface area contributed by atoms with Crippen molar-refractivity contribution < 1.29 is 24.2 Å². The van der Waals surface area contributed by atoms with Crippen LogP contribution in [0.3, 0.4) is 0 Å². The monoisotopic (exact) mass is 680 g/mol. The molecular weight excluding hydrogens is 631 g/mol. The molecule has 2 aliphatic carbocycles. The van der Waals surface area contributed by atoms with E-state index in [2.05, 4.69) is 128 Å². The van der Waals surface area contributed by atoms with Gasteiger partial charge in [-0.3, -0.25) is 6.08 Å². The molecule has 1 atom stereocenters. The Morgan fingerprint density at radius 2 is 1.40 bits per heavy atom. The van der Waals surface area contributed by atoms with E-state index in [-0.39, 0.29) is 43.1 Å². The van der Waals surface area contributed by atoms with E-state index < -0.39 is 0 Å². The van der Waals surface area contributed by atoms with E-state index in [1.807, 2.05) is 30.3 Å². The van der Waals surface area contributed by atoms with Crippen molar-refractivity contribution in [1.82, 2.24) is 0 Å². The number of fused-ring (bicyclic) bond motifs is 3. The van der Waals surface area contributed by atoms with Crippen molar-refractivity contribution >= 4 is 29.0 Å². The summed E-state index contributed by atoms with van der Waals surface area (Å²) in [5.41, 5.74) is 11.6. The van der Waals surface area contributed by atoms with Gasteiger partial charge in [0.2, 0.25) is 0 Å². The third-order valence-electron chi connectivity index (χ3n) is 7.06. The van der Waals surface area contributed by atoms with E-state index in [0.717, 1.165) is 6.42 Å². The first-order chi connectivity index (χ1) is 18.3. The summed E-state index contributed by atoms with van der Waals surface area (Å²) in [5.74, 6) is 1.20. The van der Waals surface area contributed by atoms with Crippen molar-refractivity contribution in [3.05, 3.63) is 126 Å². The van der Waals surface area contributed by atoms with Crippen molar-refractivity contribution in [2.24, 2.45) is 11.8 Å². The Hall–Kier alpha value is -1.53. The Labute approximate surface area is 286 Å². The second-order valence-electron chi connectivity index (χ2n) is 12.7. The van der Waals surface area contributed by atoms with Gasteiger partial charge in [0, 0.05) is 0 Å². The molecule has 0 spiro atoms. The van der Waals surface area contributed by atoms with Gasteiger partial charge < -0.3 is 7.43 Å². The number of hydrogen-bond donors (Lipinski definition) is 0. The summed E-state index contributed by atoms with van der Waals surface area (Å²) in [6.07, 6.45) is 6.71. The predicted molar refractivity (Wildman–Crippen MR) is 189 cm³/mol. The van der Waals surface area contributed by atoms with Crippen LogP contribution in [0.1, 0.15) is 91.5 Å². The summed E-state index contributed by atoms with van der Waals surface area (Å²) in [6, 6.07) is 27.6. The molecule has 0 aliphatic heterocycles. The van der Waals surface area contributed by atoms with E-state index >= 15 is 0 Å². The summed E-state index contributed by atoms with van der Waals surface area (Å²) >= 11 is 1.30. The van der Waals surface area contributed by atoms with E-state index in [1.54, 1.807) is 0 Å². The quantitative estimate of drug-likeness (QED) is 0.175. The van der Waals surface area contributed by atoms with E-state index in [9.17, 15) is 0 Å². The Bertz CT molecular complexity index is 1180. The number of halogens is 2. The number of rotatable bonds is 1. The molecule has 230 valence electrons. The third kappa shape index (κ3) is 12.2. The maximum absolute atomic E-state index is 3.53. The molecule has 1 unspecified atom stereocenters. The third-order valence-corrected chi connectivity index (χ3v) is 7.06. The number of hydrogen-bond acceptors (Lipinski definition) is 0. The molecule has 0 aromatic heterocycles. The van der Waals surface area contributed by atoms with Crippen LogP contribution in [0.25, 0.3) is 11.1 Å². The van der Waals surface area contributed by atoms with Gasteiger partial charge in [-0.1, -0.05) is 116 Å². The van der Waals surface area contributed by atoms with Gasteiger partial charge in [-0.05, 0) is 17.4 Å². The van der Waals surface area contributed by atoms with E-state index in [4.69, 9.17) is 0 Å². The van der Waals surface area contributed by atoms with Gasteiger partial charge in [-0.15, -0.1) is 30.4 Å². The van der Waals surface area contributed by atoms with Crippen molar-refractivity contribution in [2.75, 3.05) is 0 Å². The summed E-state index contributed by atoms with van der Waals surface area (Å²) in [4.78, 5) is 0. The average Bonchev–Trinajstić information content (AvgIpc) is 3.44. The van der Waals surface area contributed by atoms with Gasteiger partial charge >= 0.3 is 28.4 Å². The first-order valence-corrected chi connectivity index (χ1v) is 15.8. The molecule has 0 saturated carbocycles. The smallest absolute Gasteiger partial charge is 0.171 e. The topological polar surface area (TPSA) is 0 Å². The minimum atomic E-state index is 0. The van der Waals surface area contributed by atoms with Crippen LogP contribution < -0.4 is 0 Å². The van der Waals surface area contributed by atoms with Gasteiger partial charge in [0.05, 0.1) is 0 Å².